The Labute approximate surface area is 254 Å². The van der Waals surface area contributed by atoms with Gasteiger partial charge in [-0.15, -0.1) is 0 Å². The number of benzene rings is 2. The number of fused-ring (bicyclic) bond motifs is 2. The molecule has 6 rings (SSSR count). The fourth-order valence-corrected chi connectivity index (χ4v) is 6.20. The maximum Gasteiger partial charge on any atom is 0.318 e. The Bertz CT molecular complexity index is 1670. The minimum atomic E-state index is -0.573. The molecule has 0 aliphatic carbocycles. The molecule has 4 heterocycles. The van der Waals surface area contributed by atoms with Gasteiger partial charge in [-0.3, -0.25) is 14.7 Å². The van der Waals surface area contributed by atoms with Crippen molar-refractivity contribution in [2.45, 2.75) is 19.4 Å². The molecule has 1 amide bonds. The number of carbonyl (C=O) groups excluding carboxylic acids is 1. The predicted molar refractivity (Wildman–Crippen MR) is 166 cm³/mol. The van der Waals surface area contributed by atoms with Crippen molar-refractivity contribution >= 4 is 45.0 Å². The van der Waals surface area contributed by atoms with Gasteiger partial charge in [0.2, 0.25) is 5.91 Å². The van der Waals surface area contributed by atoms with Crippen molar-refractivity contribution < 1.29 is 18.7 Å². The number of methoxy groups -OCH3 is 1. The summed E-state index contributed by atoms with van der Waals surface area (Å²) in [5, 5.41) is 2.61. The minimum Gasteiger partial charge on any atom is -0.467 e. The fourth-order valence-electron chi connectivity index (χ4n) is 5.92. The molecule has 0 N–H and O–H groups in total. The summed E-state index contributed by atoms with van der Waals surface area (Å²) in [6, 6.07) is 11.2. The lowest BCUT2D eigenvalue weighted by molar-refractivity contribution is -0.126. The van der Waals surface area contributed by atoms with Crippen LogP contribution in [0, 0.1) is 5.82 Å². The van der Waals surface area contributed by atoms with Crippen LogP contribution in [0.25, 0.3) is 32.9 Å². The van der Waals surface area contributed by atoms with E-state index in [0.29, 0.717) is 48.0 Å². The lowest BCUT2D eigenvalue weighted by Crippen LogP contribution is -2.48. The van der Waals surface area contributed by atoms with Gasteiger partial charge in [-0.1, -0.05) is 48.0 Å². The molecule has 2 aliphatic rings. The van der Waals surface area contributed by atoms with Gasteiger partial charge in [-0.05, 0) is 24.8 Å². The molecule has 0 saturated carbocycles. The minimum absolute atomic E-state index is 0.0172. The standard InChI is InChI=1S/C32H34ClFN6O3/c1-3-43-22-12-14-38(20-22)13-6-11-26(41)39-15-17-40(18-16-39)31-24-19-35-29(28(34)30(24)36-32(37-31)42-2)23-9-4-7-21-8-5-10-25(33)27(21)23/h4-11,19,22H,3,12-18,20H2,1-2H3/b11-6+. The zero-order chi connectivity index (χ0) is 29.9. The Morgan fingerprint density at radius 2 is 1.91 bits per heavy atom. The van der Waals surface area contributed by atoms with E-state index in [9.17, 15) is 4.79 Å². The number of pyridine rings is 1. The third-order valence-electron chi connectivity index (χ3n) is 8.08. The number of amides is 1. The van der Waals surface area contributed by atoms with Gasteiger partial charge < -0.3 is 19.3 Å². The van der Waals surface area contributed by atoms with E-state index in [1.807, 2.05) is 47.1 Å². The second-order valence-corrected chi connectivity index (χ2v) is 11.1. The van der Waals surface area contributed by atoms with E-state index in [2.05, 4.69) is 19.9 Å². The zero-order valence-corrected chi connectivity index (χ0v) is 25.1. The quantitative estimate of drug-likeness (QED) is 0.261. The van der Waals surface area contributed by atoms with Gasteiger partial charge in [0.05, 0.1) is 18.6 Å². The van der Waals surface area contributed by atoms with Crippen molar-refractivity contribution in [1.29, 1.82) is 0 Å². The number of halogens is 2. The summed E-state index contributed by atoms with van der Waals surface area (Å²) in [5.41, 5.74) is 0.855. The molecule has 2 aliphatic heterocycles. The number of ether oxygens (including phenoxy) is 2. The van der Waals surface area contributed by atoms with Crippen molar-refractivity contribution in [3.63, 3.8) is 0 Å². The lowest BCUT2D eigenvalue weighted by atomic mass is 10.0. The van der Waals surface area contributed by atoms with Gasteiger partial charge >= 0.3 is 6.01 Å². The molecular formula is C32H34ClFN6O3. The van der Waals surface area contributed by atoms with Crippen LogP contribution in [0.4, 0.5) is 10.2 Å². The van der Waals surface area contributed by atoms with Crippen molar-refractivity contribution in [3.05, 3.63) is 65.6 Å². The molecule has 43 heavy (non-hydrogen) atoms. The highest BCUT2D eigenvalue weighted by atomic mass is 35.5. The maximum absolute atomic E-state index is 16.2. The van der Waals surface area contributed by atoms with E-state index >= 15 is 4.39 Å². The third-order valence-corrected chi connectivity index (χ3v) is 8.40. The van der Waals surface area contributed by atoms with Crippen LogP contribution in [-0.2, 0) is 9.53 Å². The Balaban J connectivity index is 1.20. The third kappa shape index (κ3) is 6.00. The van der Waals surface area contributed by atoms with Crippen LogP contribution in [0.3, 0.4) is 0 Å². The Morgan fingerprint density at radius 3 is 2.67 bits per heavy atom. The summed E-state index contributed by atoms with van der Waals surface area (Å²) in [6.07, 6.45) is 6.50. The molecule has 224 valence electrons. The second-order valence-electron chi connectivity index (χ2n) is 10.7. The summed E-state index contributed by atoms with van der Waals surface area (Å²) < 4.78 is 27.3. The first-order chi connectivity index (χ1) is 21.0. The van der Waals surface area contributed by atoms with Crippen LogP contribution in [0.1, 0.15) is 13.3 Å². The Morgan fingerprint density at radius 1 is 1.12 bits per heavy atom. The average molecular weight is 605 g/mol. The molecule has 0 bridgehead atoms. The number of aromatic nitrogens is 3. The van der Waals surface area contributed by atoms with Crippen LogP contribution >= 0.6 is 11.6 Å². The predicted octanol–water partition coefficient (Wildman–Crippen LogP) is 4.96. The molecule has 0 radical (unpaired) electrons. The molecular weight excluding hydrogens is 571 g/mol. The van der Waals surface area contributed by atoms with Crippen molar-refractivity contribution in [3.8, 4) is 17.3 Å². The first-order valence-corrected chi connectivity index (χ1v) is 15.0. The molecule has 9 nitrogen and oxygen atoms in total. The van der Waals surface area contributed by atoms with Gasteiger partial charge in [0, 0.05) is 80.7 Å². The first kappa shape index (κ1) is 29.2. The number of likely N-dealkylation sites (tertiary alicyclic amines) is 1. The number of carbonyl (C=O) groups is 1. The van der Waals surface area contributed by atoms with E-state index in [-0.39, 0.29) is 29.2 Å². The molecule has 0 spiro atoms. The van der Waals surface area contributed by atoms with Crippen LogP contribution < -0.4 is 9.64 Å². The molecule has 2 aromatic heterocycles. The van der Waals surface area contributed by atoms with Crippen LogP contribution in [-0.4, -0.2) is 96.3 Å². The van der Waals surface area contributed by atoms with Crippen LogP contribution in [0.2, 0.25) is 5.02 Å². The normalized spacial score (nSPS) is 17.9. The number of piperazine rings is 1. The lowest BCUT2D eigenvalue weighted by Gasteiger charge is -2.35. The SMILES string of the molecule is CCOC1CCN(C/C=C/C(=O)N2CCN(c3nc(OC)nc4c(F)c(-c5cccc6cccc(Cl)c56)ncc34)CC2)C1. The van der Waals surface area contributed by atoms with Gasteiger partial charge in [-0.2, -0.15) is 9.97 Å². The van der Waals surface area contributed by atoms with E-state index in [4.69, 9.17) is 21.1 Å². The van der Waals surface area contributed by atoms with Gasteiger partial charge in [0.15, 0.2) is 5.82 Å². The summed E-state index contributed by atoms with van der Waals surface area (Å²) >= 11 is 6.52. The van der Waals surface area contributed by atoms with Crippen LogP contribution in [0.15, 0.2) is 54.7 Å². The highest BCUT2D eigenvalue weighted by molar-refractivity contribution is 6.36. The van der Waals surface area contributed by atoms with Crippen molar-refractivity contribution in [2.24, 2.45) is 0 Å². The molecule has 1 unspecified atom stereocenters. The number of hydrogen-bond donors (Lipinski definition) is 0. The van der Waals surface area contributed by atoms with Crippen LogP contribution in [0.5, 0.6) is 6.01 Å². The van der Waals surface area contributed by atoms with E-state index in [0.717, 1.165) is 43.4 Å². The Kier molecular flexibility index (Phi) is 8.69. The maximum atomic E-state index is 16.2. The molecule has 4 aromatic rings. The van der Waals surface area contributed by atoms with E-state index in [1.165, 1.54) is 7.11 Å². The summed E-state index contributed by atoms with van der Waals surface area (Å²) in [6.45, 7) is 7.42. The molecule has 2 fully saturated rings. The number of anilines is 1. The Hall–Kier alpha value is -3.86. The van der Waals surface area contributed by atoms with Gasteiger partial charge in [-0.25, -0.2) is 4.39 Å². The highest BCUT2D eigenvalue weighted by Gasteiger charge is 2.26. The van der Waals surface area contributed by atoms with E-state index in [1.54, 1.807) is 24.4 Å². The monoisotopic (exact) mass is 604 g/mol. The molecule has 2 saturated heterocycles. The van der Waals surface area contributed by atoms with Gasteiger partial charge in [0.25, 0.3) is 0 Å². The number of rotatable bonds is 8. The van der Waals surface area contributed by atoms with Gasteiger partial charge in [0.1, 0.15) is 17.0 Å². The molecule has 2 aromatic carbocycles. The zero-order valence-electron chi connectivity index (χ0n) is 24.3. The second kappa shape index (κ2) is 12.8. The van der Waals surface area contributed by atoms with E-state index < -0.39 is 5.82 Å². The first-order valence-electron chi connectivity index (χ1n) is 14.6. The average Bonchev–Trinajstić information content (AvgIpc) is 3.48. The fraction of sp³-hybridized carbons (Fsp3) is 0.375. The largest absolute Gasteiger partial charge is 0.467 e. The smallest absolute Gasteiger partial charge is 0.318 e. The van der Waals surface area contributed by atoms with Crippen molar-refractivity contribution in [2.75, 3.05) is 64.4 Å². The summed E-state index contributed by atoms with van der Waals surface area (Å²) in [5.74, 6) is -0.0656. The summed E-state index contributed by atoms with van der Waals surface area (Å²) in [7, 11) is 1.46. The molecule has 11 heteroatoms. The van der Waals surface area contributed by atoms with Crippen molar-refractivity contribution in [1.82, 2.24) is 24.8 Å². The number of hydrogen-bond acceptors (Lipinski definition) is 8. The highest BCUT2D eigenvalue weighted by Crippen LogP contribution is 2.37. The number of nitrogens with zero attached hydrogens (tertiary/aromatic N) is 6. The summed E-state index contributed by atoms with van der Waals surface area (Å²) in [4.78, 5) is 32.5. The topological polar surface area (TPSA) is 83.9 Å². The molecule has 1 atom stereocenters.